The molecule has 0 aliphatic heterocycles. The molecule has 4 nitrogen and oxygen atoms in total. The predicted octanol–water partition coefficient (Wildman–Crippen LogP) is 4.34. The van der Waals surface area contributed by atoms with Crippen LogP contribution in [0.25, 0.3) is 21.8 Å². The van der Waals surface area contributed by atoms with Gasteiger partial charge >= 0.3 is 0 Å². The zero-order valence-electron chi connectivity index (χ0n) is 12.7. The monoisotopic (exact) mass is 335 g/mol. The fourth-order valence-corrected chi connectivity index (χ4v) is 3.04. The third-order valence-electron chi connectivity index (χ3n) is 3.98. The first kappa shape index (κ1) is 14.7. The zero-order chi connectivity index (χ0) is 16.5. The minimum atomic E-state index is -0.127. The van der Waals surface area contributed by atoms with Crippen LogP contribution in [-0.2, 0) is 6.54 Å². The topological polar surface area (TPSA) is 57.8 Å². The number of aromatic amines is 1. The van der Waals surface area contributed by atoms with Crippen molar-refractivity contribution in [2.24, 2.45) is 0 Å². The molecule has 2 heterocycles. The van der Waals surface area contributed by atoms with Crippen molar-refractivity contribution in [2.45, 2.75) is 6.54 Å². The second-order valence-electron chi connectivity index (χ2n) is 5.60. The van der Waals surface area contributed by atoms with Gasteiger partial charge in [-0.25, -0.2) is 4.98 Å². The van der Waals surface area contributed by atoms with E-state index in [-0.39, 0.29) is 5.56 Å². The molecule has 0 spiro atoms. The lowest BCUT2D eigenvalue weighted by Crippen LogP contribution is -2.07. The second kappa shape index (κ2) is 5.98. The standard InChI is InChI=1S/C19H14ClN3O/c20-13-4-1-3-12(9-13)11-22-14-6-7-16-17(10-14)15-5-2-8-21-18(15)23-19(16)24/h1-10,22H,11H2,(H,21,23,24). The predicted molar refractivity (Wildman–Crippen MR) is 98.6 cm³/mol. The summed E-state index contributed by atoms with van der Waals surface area (Å²) in [4.78, 5) is 19.2. The van der Waals surface area contributed by atoms with Crippen molar-refractivity contribution in [3.63, 3.8) is 0 Å². The van der Waals surface area contributed by atoms with Gasteiger partial charge in [-0.2, -0.15) is 0 Å². The summed E-state index contributed by atoms with van der Waals surface area (Å²) in [5.74, 6) is 0. The highest BCUT2D eigenvalue weighted by atomic mass is 35.5. The summed E-state index contributed by atoms with van der Waals surface area (Å²) in [5, 5.41) is 6.56. The molecule has 24 heavy (non-hydrogen) atoms. The summed E-state index contributed by atoms with van der Waals surface area (Å²) < 4.78 is 0. The normalized spacial score (nSPS) is 11.0. The zero-order valence-corrected chi connectivity index (χ0v) is 13.5. The molecule has 5 heteroatoms. The Hall–Kier alpha value is -2.85. The van der Waals surface area contributed by atoms with Crippen molar-refractivity contribution in [1.29, 1.82) is 0 Å². The Bertz CT molecular complexity index is 1100. The van der Waals surface area contributed by atoms with Crippen LogP contribution in [-0.4, -0.2) is 9.97 Å². The molecular formula is C19H14ClN3O. The summed E-state index contributed by atoms with van der Waals surface area (Å²) >= 11 is 6.01. The quantitative estimate of drug-likeness (QED) is 0.547. The van der Waals surface area contributed by atoms with Crippen LogP contribution in [0, 0.1) is 0 Å². The third kappa shape index (κ3) is 2.72. The molecule has 0 radical (unpaired) electrons. The summed E-state index contributed by atoms with van der Waals surface area (Å²) in [6, 6.07) is 17.3. The Morgan fingerprint density at radius 2 is 1.92 bits per heavy atom. The van der Waals surface area contributed by atoms with E-state index in [0.29, 0.717) is 17.6 Å². The number of benzene rings is 2. The van der Waals surface area contributed by atoms with E-state index in [1.807, 2.05) is 54.6 Å². The van der Waals surface area contributed by atoms with Gasteiger partial charge in [-0.15, -0.1) is 0 Å². The van der Waals surface area contributed by atoms with Gasteiger partial charge in [0.2, 0.25) is 0 Å². The number of nitrogens with one attached hydrogen (secondary N) is 2. The van der Waals surface area contributed by atoms with Gasteiger partial charge in [0.15, 0.2) is 0 Å². The largest absolute Gasteiger partial charge is 0.381 e. The van der Waals surface area contributed by atoms with Crippen LogP contribution in [0.5, 0.6) is 0 Å². The van der Waals surface area contributed by atoms with Gasteiger partial charge < -0.3 is 10.3 Å². The van der Waals surface area contributed by atoms with E-state index in [9.17, 15) is 4.79 Å². The number of nitrogens with zero attached hydrogens (tertiary/aromatic N) is 1. The molecule has 0 aliphatic carbocycles. The number of aromatic nitrogens is 2. The van der Waals surface area contributed by atoms with Gasteiger partial charge in [0.1, 0.15) is 5.65 Å². The van der Waals surface area contributed by atoms with Crippen LogP contribution in [0.1, 0.15) is 5.56 Å². The molecule has 118 valence electrons. The van der Waals surface area contributed by atoms with E-state index in [0.717, 1.165) is 27.0 Å². The Kier molecular flexibility index (Phi) is 3.67. The van der Waals surface area contributed by atoms with Gasteiger partial charge in [-0.3, -0.25) is 4.79 Å². The third-order valence-corrected chi connectivity index (χ3v) is 4.21. The Labute approximate surface area is 143 Å². The summed E-state index contributed by atoms with van der Waals surface area (Å²) in [7, 11) is 0. The van der Waals surface area contributed by atoms with Gasteiger partial charge in [0.25, 0.3) is 5.56 Å². The molecule has 4 aromatic rings. The molecule has 2 aromatic heterocycles. The molecule has 0 amide bonds. The van der Waals surface area contributed by atoms with Crippen molar-refractivity contribution in [3.05, 3.63) is 81.7 Å². The number of pyridine rings is 2. The molecule has 0 fully saturated rings. The lowest BCUT2D eigenvalue weighted by molar-refractivity contribution is 1.15. The Morgan fingerprint density at radius 3 is 2.79 bits per heavy atom. The number of fused-ring (bicyclic) bond motifs is 3. The Morgan fingerprint density at radius 1 is 1.00 bits per heavy atom. The van der Waals surface area contributed by atoms with Gasteiger partial charge in [0.05, 0.1) is 0 Å². The lowest BCUT2D eigenvalue weighted by Gasteiger charge is -2.09. The molecule has 4 rings (SSSR count). The maximum Gasteiger partial charge on any atom is 0.257 e. The first-order valence-corrected chi connectivity index (χ1v) is 7.97. The van der Waals surface area contributed by atoms with Gasteiger partial charge in [-0.05, 0) is 48.0 Å². The van der Waals surface area contributed by atoms with Crippen molar-refractivity contribution >= 4 is 39.1 Å². The van der Waals surface area contributed by atoms with E-state index in [1.165, 1.54) is 0 Å². The molecular weight excluding hydrogens is 322 g/mol. The van der Waals surface area contributed by atoms with Crippen LogP contribution in [0.15, 0.2) is 65.6 Å². The van der Waals surface area contributed by atoms with Crippen LogP contribution < -0.4 is 10.9 Å². The summed E-state index contributed by atoms with van der Waals surface area (Å²) in [5.41, 5.74) is 2.51. The van der Waals surface area contributed by atoms with Crippen LogP contribution >= 0.6 is 11.6 Å². The fourth-order valence-electron chi connectivity index (χ4n) is 2.82. The van der Waals surface area contributed by atoms with E-state index in [4.69, 9.17) is 11.6 Å². The average molecular weight is 336 g/mol. The highest BCUT2D eigenvalue weighted by molar-refractivity contribution is 6.30. The average Bonchev–Trinajstić information content (AvgIpc) is 2.60. The molecule has 0 atom stereocenters. The van der Waals surface area contributed by atoms with Gasteiger partial charge in [0, 0.05) is 39.6 Å². The number of rotatable bonds is 3. The SMILES string of the molecule is O=c1[nH]c2ncccc2c2cc(NCc3cccc(Cl)c3)ccc12. The highest BCUT2D eigenvalue weighted by Gasteiger charge is 2.06. The first-order valence-electron chi connectivity index (χ1n) is 7.60. The number of hydrogen-bond donors (Lipinski definition) is 2. The lowest BCUT2D eigenvalue weighted by atomic mass is 10.1. The van der Waals surface area contributed by atoms with Crippen molar-refractivity contribution in [2.75, 3.05) is 5.32 Å². The van der Waals surface area contributed by atoms with E-state index in [1.54, 1.807) is 6.20 Å². The molecule has 0 bridgehead atoms. The van der Waals surface area contributed by atoms with Crippen LogP contribution in [0.4, 0.5) is 5.69 Å². The molecule has 0 saturated carbocycles. The van der Waals surface area contributed by atoms with E-state index in [2.05, 4.69) is 15.3 Å². The number of H-pyrrole nitrogens is 1. The van der Waals surface area contributed by atoms with Crippen LogP contribution in [0.3, 0.4) is 0 Å². The molecule has 0 saturated heterocycles. The van der Waals surface area contributed by atoms with Gasteiger partial charge in [-0.1, -0.05) is 23.7 Å². The van der Waals surface area contributed by atoms with Crippen molar-refractivity contribution in [1.82, 2.24) is 9.97 Å². The van der Waals surface area contributed by atoms with Crippen molar-refractivity contribution < 1.29 is 0 Å². The molecule has 2 aromatic carbocycles. The van der Waals surface area contributed by atoms with Crippen molar-refractivity contribution in [3.8, 4) is 0 Å². The summed E-state index contributed by atoms with van der Waals surface area (Å²) in [6.45, 7) is 0.658. The van der Waals surface area contributed by atoms with E-state index < -0.39 is 0 Å². The maximum atomic E-state index is 12.2. The number of anilines is 1. The number of halogens is 1. The molecule has 2 N–H and O–H groups in total. The second-order valence-corrected chi connectivity index (χ2v) is 6.03. The first-order chi connectivity index (χ1) is 11.7. The highest BCUT2D eigenvalue weighted by Crippen LogP contribution is 2.23. The minimum absolute atomic E-state index is 0.127. The Balaban J connectivity index is 1.74. The maximum absolute atomic E-state index is 12.2. The molecule has 0 aliphatic rings. The molecule has 0 unspecified atom stereocenters. The number of hydrogen-bond acceptors (Lipinski definition) is 3. The fraction of sp³-hybridized carbons (Fsp3) is 0.0526. The summed E-state index contributed by atoms with van der Waals surface area (Å²) in [6.07, 6.45) is 1.67. The van der Waals surface area contributed by atoms with Crippen LogP contribution in [0.2, 0.25) is 5.02 Å². The smallest absolute Gasteiger partial charge is 0.257 e. The minimum Gasteiger partial charge on any atom is -0.381 e. The van der Waals surface area contributed by atoms with E-state index >= 15 is 0 Å².